The van der Waals surface area contributed by atoms with Crippen LogP contribution in [0.5, 0.6) is 0 Å². The van der Waals surface area contributed by atoms with Crippen molar-refractivity contribution < 1.29 is 5.21 Å². The number of thioether (sulfide) groups is 1. The third-order valence-corrected chi connectivity index (χ3v) is 5.75. The number of nitrogens with two attached hydrogens (primary N) is 1. The van der Waals surface area contributed by atoms with E-state index in [-0.39, 0.29) is 4.75 Å². The molecular weight excluding hydrogens is 294 g/mol. The van der Waals surface area contributed by atoms with Gasteiger partial charge in [0.05, 0.1) is 4.75 Å². The zero-order valence-electron chi connectivity index (χ0n) is 11.6. The van der Waals surface area contributed by atoms with Crippen LogP contribution in [0, 0.1) is 0 Å². The summed E-state index contributed by atoms with van der Waals surface area (Å²) in [4.78, 5) is 2.36. The summed E-state index contributed by atoms with van der Waals surface area (Å²) < 4.78 is -0.230. The predicted molar refractivity (Wildman–Crippen MR) is 85.6 cm³/mol. The molecule has 0 bridgehead atoms. The molecule has 20 heavy (non-hydrogen) atoms. The normalized spacial score (nSPS) is 20.0. The molecule has 1 aliphatic rings. The molecule has 110 valence electrons. The monoisotopic (exact) mass is 313 g/mol. The Morgan fingerprint density at radius 2 is 2.10 bits per heavy atom. The molecule has 1 fully saturated rings. The first-order valence-corrected chi connectivity index (χ1v) is 8.20. The van der Waals surface area contributed by atoms with Crippen molar-refractivity contribution >= 4 is 29.2 Å². The second-order valence-electron chi connectivity index (χ2n) is 5.05. The lowest BCUT2D eigenvalue weighted by molar-refractivity contribution is 0.209. The highest BCUT2D eigenvalue weighted by Gasteiger charge is 2.38. The Labute approximate surface area is 129 Å². The molecule has 2 rings (SSSR count). The standard InChI is InChI=1S/C14H20ClN3OS/c1-20-14(13(16)17-19)6-8-18(9-7-14)10-11-4-2-3-5-12(11)15/h2-5,19H,6-10H2,1H3,(H2,16,17). The zero-order chi connectivity index (χ0) is 14.6. The summed E-state index contributed by atoms with van der Waals surface area (Å²) in [5, 5.41) is 13.0. The number of benzene rings is 1. The van der Waals surface area contributed by atoms with Crippen LogP contribution in [0.3, 0.4) is 0 Å². The first-order chi connectivity index (χ1) is 9.61. The van der Waals surface area contributed by atoms with Crippen molar-refractivity contribution in [2.75, 3.05) is 19.3 Å². The molecule has 0 aliphatic carbocycles. The van der Waals surface area contributed by atoms with Crippen LogP contribution in [0.2, 0.25) is 5.02 Å². The SMILES string of the molecule is CSC1(C(N)=NO)CCN(Cc2ccccc2Cl)CC1. The predicted octanol–water partition coefficient (Wildman–Crippen LogP) is 2.78. The van der Waals surface area contributed by atoms with E-state index in [1.165, 1.54) is 0 Å². The lowest BCUT2D eigenvalue weighted by atomic mass is 9.94. The van der Waals surface area contributed by atoms with Crippen LogP contribution in [0.15, 0.2) is 29.4 Å². The van der Waals surface area contributed by atoms with E-state index in [4.69, 9.17) is 22.5 Å². The maximum atomic E-state index is 8.94. The number of hydrogen-bond acceptors (Lipinski definition) is 4. The fourth-order valence-corrected chi connectivity index (χ4v) is 3.63. The molecule has 0 amide bonds. The first-order valence-electron chi connectivity index (χ1n) is 6.60. The van der Waals surface area contributed by atoms with E-state index in [0.29, 0.717) is 5.84 Å². The Kier molecular flexibility index (Phi) is 5.18. The summed E-state index contributed by atoms with van der Waals surface area (Å²) in [6.45, 7) is 2.69. The summed E-state index contributed by atoms with van der Waals surface area (Å²) in [5.41, 5.74) is 7.00. The number of rotatable bonds is 4. The summed E-state index contributed by atoms with van der Waals surface area (Å²) in [6.07, 6.45) is 3.78. The second kappa shape index (κ2) is 6.70. The fourth-order valence-electron chi connectivity index (χ4n) is 2.60. The lowest BCUT2D eigenvalue weighted by Crippen LogP contribution is -2.49. The van der Waals surface area contributed by atoms with Crippen LogP contribution in [0.25, 0.3) is 0 Å². The molecule has 6 heteroatoms. The molecule has 0 radical (unpaired) electrons. The molecule has 0 unspecified atom stereocenters. The molecule has 0 atom stereocenters. The molecule has 1 aromatic rings. The highest BCUT2D eigenvalue weighted by Crippen LogP contribution is 2.35. The molecule has 1 saturated heterocycles. The molecule has 1 aromatic carbocycles. The number of likely N-dealkylation sites (tertiary alicyclic amines) is 1. The number of oxime groups is 1. The van der Waals surface area contributed by atoms with Crippen LogP contribution in [-0.2, 0) is 6.54 Å². The van der Waals surface area contributed by atoms with Gasteiger partial charge in [-0.3, -0.25) is 4.90 Å². The summed E-state index contributed by atoms with van der Waals surface area (Å²) in [5.74, 6) is 0.336. The van der Waals surface area contributed by atoms with E-state index in [1.807, 2.05) is 24.5 Å². The molecule has 1 aliphatic heterocycles. The Morgan fingerprint density at radius 1 is 1.45 bits per heavy atom. The van der Waals surface area contributed by atoms with Gasteiger partial charge in [0.1, 0.15) is 0 Å². The summed E-state index contributed by atoms with van der Waals surface area (Å²) in [6, 6.07) is 7.93. The Hall–Kier alpha value is -0.910. The Bertz CT molecular complexity index is 487. The number of nitrogens with zero attached hydrogens (tertiary/aromatic N) is 2. The molecule has 3 N–H and O–H groups in total. The van der Waals surface area contributed by atoms with E-state index in [9.17, 15) is 0 Å². The van der Waals surface area contributed by atoms with Gasteiger partial charge in [-0.2, -0.15) is 11.8 Å². The molecule has 0 aromatic heterocycles. The highest BCUT2D eigenvalue weighted by molar-refractivity contribution is 8.00. The van der Waals surface area contributed by atoms with Crippen LogP contribution in [0.4, 0.5) is 0 Å². The van der Waals surface area contributed by atoms with Crippen molar-refractivity contribution in [1.82, 2.24) is 4.90 Å². The van der Waals surface area contributed by atoms with Crippen LogP contribution in [0.1, 0.15) is 18.4 Å². The molecule has 1 heterocycles. The van der Waals surface area contributed by atoms with Gasteiger partial charge in [-0.25, -0.2) is 0 Å². The lowest BCUT2D eigenvalue weighted by Gasteiger charge is -2.39. The van der Waals surface area contributed by atoms with Gasteiger partial charge in [0, 0.05) is 24.7 Å². The van der Waals surface area contributed by atoms with Crippen molar-refractivity contribution in [3.8, 4) is 0 Å². The van der Waals surface area contributed by atoms with Crippen molar-refractivity contribution in [3.05, 3.63) is 34.9 Å². The minimum atomic E-state index is -0.230. The van der Waals surface area contributed by atoms with Crippen molar-refractivity contribution in [2.45, 2.75) is 24.1 Å². The maximum absolute atomic E-state index is 8.94. The van der Waals surface area contributed by atoms with Gasteiger partial charge in [-0.1, -0.05) is 35.0 Å². The highest BCUT2D eigenvalue weighted by atomic mass is 35.5. The third-order valence-electron chi connectivity index (χ3n) is 3.98. The second-order valence-corrected chi connectivity index (χ2v) is 6.65. The average Bonchev–Trinajstić information content (AvgIpc) is 2.50. The van der Waals surface area contributed by atoms with E-state index in [2.05, 4.69) is 16.1 Å². The number of hydrogen-bond donors (Lipinski definition) is 2. The number of piperidine rings is 1. The van der Waals surface area contributed by atoms with Gasteiger partial charge in [-0.15, -0.1) is 0 Å². The quantitative estimate of drug-likeness (QED) is 0.388. The van der Waals surface area contributed by atoms with Crippen LogP contribution in [-0.4, -0.2) is 40.0 Å². The Balaban J connectivity index is 1.99. The van der Waals surface area contributed by atoms with Crippen molar-refractivity contribution in [1.29, 1.82) is 0 Å². The molecule has 0 saturated carbocycles. The van der Waals surface area contributed by atoms with Gasteiger partial charge >= 0.3 is 0 Å². The van der Waals surface area contributed by atoms with Crippen LogP contribution >= 0.6 is 23.4 Å². The minimum Gasteiger partial charge on any atom is -0.409 e. The molecule has 4 nitrogen and oxygen atoms in total. The topological polar surface area (TPSA) is 61.9 Å². The molecular formula is C14H20ClN3OS. The third kappa shape index (κ3) is 3.22. The van der Waals surface area contributed by atoms with E-state index in [1.54, 1.807) is 11.8 Å². The van der Waals surface area contributed by atoms with Crippen LogP contribution < -0.4 is 5.73 Å². The van der Waals surface area contributed by atoms with Gasteiger partial charge in [0.2, 0.25) is 0 Å². The summed E-state index contributed by atoms with van der Waals surface area (Å²) in [7, 11) is 0. The van der Waals surface area contributed by atoms with E-state index in [0.717, 1.165) is 43.1 Å². The minimum absolute atomic E-state index is 0.230. The zero-order valence-corrected chi connectivity index (χ0v) is 13.1. The largest absolute Gasteiger partial charge is 0.409 e. The molecule has 0 spiro atoms. The number of amidine groups is 1. The first kappa shape index (κ1) is 15.5. The van der Waals surface area contributed by atoms with E-state index < -0.39 is 0 Å². The maximum Gasteiger partial charge on any atom is 0.155 e. The van der Waals surface area contributed by atoms with Crippen molar-refractivity contribution in [3.63, 3.8) is 0 Å². The fraction of sp³-hybridized carbons (Fsp3) is 0.500. The van der Waals surface area contributed by atoms with Crippen molar-refractivity contribution in [2.24, 2.45) is 10.9 Å². The van der Waals surface area contributed by atoms with E-state index >= 15 is 0 Å². The van der Waals surface area contributed by atoms with Gasteiger partial charge in [0.25, 0.3) is 0 Å². The number of halogens is 1. The van der Waals surface area contributed by atoms with Gasteiger partial charge in [0.15, 0.2) is 5.84 Å². The van der Waals surface area contributed by atoms with Gasteiger partial charge in [-0.05, 0) is 30.7 Å². The summed E-state index contributed by atoms with van der Waals surface area (Å²) >= 11 is 7.87. The smallest absolute Gasteiger partial charge is 0.155 e. The average molecular weight is 314 g/mol. The van der Waals surface area contributed by atoms with Gasteiger partial charge < -0.3 is 10.9 Å². The Morgan fingerprint density at radius 3 is 2.65 bits per heavy atom.